The van der Waals surface area contributed by atoms with E-state index >= 15 is 0 Å². The molecule has 0 aliphatic carbocycles. The summed E-state index contributed by atoms with van der Waals surface area (Å²) in [7, 11) is 0. The lowest BCUT2D eigenvalue weighted by Crippen LogP contribution is -2.51. The second kappa shape index (κ2) is 15.3. The Labute approximate surface area is 278 Å². The molecule has 0 radical (unpaired) electrons. The number of nitrogens with one attached hydrogen (secondary N) is 4. The normalized spacial score (nSPS) is 14.7. The highest BCUT2D eigenvalue weighted by Crippen LogP contribution is 2.36. The summed E-state index contributed by atoms with van der Waals surface area (Å²) in [6.45, 7) is 7.34. The quantitative estimate of drug-likeness (QED) is 0.149. The van der Waals surface area contributed by atoms with Gasteiger partial charge in [-0.2, -0.15) is 0 Å². The molecule has 0 bridgehead atoms. The van der Waals surface area contributed by atoms with Crippen LogP contribution in [0.2, 0.25) is 0 Å². The van der Waals surface area contributed by atoms with E-state index in [-0.39, 0.29) is 42.4 Å². The Morgan fingerprint density at radius 3 is 2.53 bits per heavy atom. The number of hydrogen-bond acceptors (Lipinski definition) is 6. The number of urea groups is 1. The standard InChI is InChI=1S/C36H40FN5O4S/c1-4-38-35(45)39-20-26-8-5-6-10-29(26)25-13-11-24(12-14-25)22-42-31-16-15-27(37)18-32(31)47-23-30(34(42)44)41-33(43)19-36(2,3)40-21-28-9-7-17-46-28/h5-18,30,40H,4,19-23H2,1-3H3,(H,41,43)(H2,38,39,45)/t30-/m1/s1. The van der Waals surface area contributed by atoms with Crippen LogP contribution in [0.4, 0.5) is 14.9 Å². The molecule has 47 heavy (non-hydrogen) atoms. The molecule has 1 aromatic heterocycles. The number of hydrogen-bond donors (Lipinski definition) is 4. The van der Waals surface area contributed by atoms with E-state index in [4.69, 9.17) is 4.42 Å². The van der Waals surface area contributed by atoms with Gasteiger partial charge < -0.3 is 30.6 Å². The van der Waals surface area contributed by atoms with Gasteiger partial charge >= 0.3 is 6.03 Å². The number of rotatable bonds is 12. The highest BCUT2D eigenvalue weighted by atomic mass is 32.2. The third-order valence-electron chi connectivity index (χ3n) is 7.84. The number of amides is 4. The van der Waals surface area contributed by atoms with Crippen molar-refractivity contribution in [1.82, 2.24) is 21.3 Å². The number of carbonyl (C=O) groups is 3. The minimum absolute atomic E-state index is 0.144. The molecule has 0 saturated heterocycles. The van der Waals surface area contributed by atoms with Crippen molar-refractivity contribution in [3.05, 3.63) is 108 Å². The molecule has 4 N–H and O–H groups in total. The molecule has 4 amide bonds. The van der Waals surface area contributed by atoms with Crippen LogP contribution in [-0.4, -0.2) is 41.7 Å². The fourth-order valence-electron chi connectivity index (χ4n) is 5.42. The second-order valence-electron chi connectivity index (χ2n) is 12.0. The minimum atomic E-state index is -0.799. The van der Waals surface area contributed by atoms with Crippen LogP contribution in [0.3, 0.4) is 0 Å². The Hall–Kier alpha value is -4.61. The summed E-state index contributed by atoms with van der Waals surface area (Å²) in [6, 6.07) is 22.8. The molecule has 0 unspecified atom stereocenters. The summed E-state index contributed by atoms with van der Waals surface area (Å²) in [6.07, 6.45) is 1.75. The first-order valence-corrected chi connectivity index (χ1v) is 16.6. The van der Waals surface area contributed by atoms with Gasteiger partial charge in [-0.25, -0.2) is 9.18 Å². The van der Waals surface area contributed by atoms with Crippen LogP contribution in [0.1, 0.15) is 44.1 Å². The van der Waals surface area contributed by atoms with Crippen molar-refractivity contribution in [2.75, 3.05) is 17.2 Å². The van der Waals surface area contributed by atoms with Gasteiger partial charge in [0.25, 0.3) is 5.91 Å². The van der Waals surface area contributed by atoms with Crippen molar-refractivity contribution in [2.45, 2.75) is 63.3 Å². The van der Waals surface area contributed by atoms with E-state index in [0.717, 1.165) is 28.0 Å². The van der Waals surface area contributed by atoms with Gasteiger partial charge in [-0.05, 0) is 73.4 Å². The molecule has 4 aromatic rings. The average molecular weight is 658 g/mol. The largest absolute Gasteiger partial charge is 0.468 e. The predicted molar refractivity (Wildman–Crippen MR) is 182 cm³/mol. The van der Waals surface area contributed by atoms with Crippen LogP contribution in [0.5, 0.6) is 0 Å². The van der Waals surface area contributed by atoms with Crippen LogP contribution < -0.4 is 26.2 Å². The molecule has 1 aliphatic heterocycles. The van der Waals surface area contributed by atoms with Gasteiger partial charge in [0, 0.05) is 35.7 Å². The number of anilines is 1. The Morgan fingerprint density at radius 1 is 1.00 bits per heavy atom. The summed E-state index contributed by atoms with van der Waals surface area (Å²) < 4.78 is 19.7. The number of benzene rings is 3. The molecule has 9 nitrogen and oxygen atoms in total. The van der Waals surface area contributed by atoms with Gasteiger partial charge in [0.2, 0.25) is 5.91 Å². The Morgan fingerprint density at radius 2 is 1.79 bits per heavy atom. The summed E-state index contributed by atoms with van der Waals surface area (Å²) >= 11 is 1.35. The van der Waals surface area contributed by atoms with Crippen LogP contribution in [0, 0.1) is 5.82 Å². The molecule has 0 saturated carbocycles. The van der Waals surface area contributed by atoms with E-state index in [1.165, 1.54) is 23.9 Å². The Kier molecular flexibility index (Phi) is 11.0. The van der Waals surface area contributed by atoms with E-state index in [0.29, 0.717) is 30.2 Å². The molecule has 11 heteroatoms. The third-order valence-corrected chi connectivity index (χ3v) is 8.98. The monoisotopic (exact) mass is 657 g/mol. The van der Waals surface area contributed by atoms with Crippen LogP contribution in [-0.2, 0) is 29.2 Å². The molecule has 0 spiro atoms. The Bertz CT molecular complexity index is 1690. The Balaban J connectivity index is 1.30. The van der Waals surface area contributed by atoms with Crippen LogP contribution in [0.15, 0.2) is 94.4 Å². The van der Waals surface area contributed by atoms with E-state index < -0.39 is 11.6 Å². The number of furan rings is 1. The van der Waals surface area contributed by atoms with Crippen LogP contribution >= 0.6 is 11.8 Å². The highest BCUT2D eigenvalue weighted by molar-refractivity contribution is 7.99. The van der Waals surface area contributed by atoms with Crippen molar-refractivity contribution in [2.24, 2.45) is 0 Å². The first kappa shape index (κ1) is 33.7. The van der Waals surface area contributed by atoms with E-state index in [1.807, 2.05) is 81.4 Å². The van der Waals surface area contributed by atoms with Crippen molar-refractivity contribution < 1.29 is 23.2 Å². The number of nitrogens with zero attached hydrogens (tertiary/aromatic N) is 1. The zero-order valence-corrected chi connectivity index (χ0v) is 27.6. The van der Waals surface area contributed by atoms with Gasteiger partial charge in [0.15, 0.2) is 0 Å². The van der Waals surface area contributed by atoms with E-state index in [2.05, 4.69) is 21.3 Å². The molecule has 1 aliphatic rings. The zero-order valence-electron chi connectivity index (χ0n) is 26.8. The molecular weight excluding hydrogens is 617 g/mol. The number of fused-ring (bicyclic) bond motifs is 1. The first-order valence-electron chi connectivity index (χ1n) is 15.6. The smallest absolute Gasteiger partial charge is 0.315 e. The number of thioether (sulfide) groups is 1. The van der Waals surface area contributed by atoms with Crippen molar-refractivity contribution in [1.29, 1.82) is 0 Å². The summed E-state index contributed by atoms with van der Waals surface area (Å²) in [5, 5.41) is 11.9. The molecule has 5 rings (SSSR count). The lowest BCUT2D eigenvalue weighted by Gasteiger charge is -2.28. The van der Waals surface area contributed by atoms with Crippen molar-refractivity contribution in [3.63, 3.8) is 0 Å². The maximum Gasteiger partial charge on any atom is 0.315 e. The van der Waals surface area contributed by atoms with Crippen LogP contribution in [0.25, 0.3) is 11.1 Å². The number of carbonyl (C=O) groups excluding carboxylic acids is 3. The molecule has 2 heterocycles. The highest BCUT2D eigenvalue weighted by Gasteiger charge is 2.33. The predicted octanol–water partition coefficient (Wildman–Crippen LogP) is 5.99. The van der Waals surface area contributed by atoms with Gasteiger partial charge in [-0.1, -0.05) is 48.5 Å². The lowest BCUT2D eigenvalue weighted by molar-refractivity contribution is -0.127. The minimum Gasteiger partial charge on any atom is -0.468 e. The lowest BCUT2D eigenvalue weighted by atomic mass is 9.98. The average Bonchev–Trinajstić information content (AvgIpc) is 3.54. The SMILES string of the molecule is CCNC(=O)NCc1ccccc1-c1ccc(CN2C(=O)[C@H](NC(=O)CC(C)(C)NCc3ccco3)CSc3cc(F)ccc32)cc1. The summed E-state index contributed by atoms with van der Waals surface area (Å²) in [5.74, 6) is 0.129. The molecule has 3 aromatic carbocycles. The van der Waals surface area contributed by atoms with E-state index in [9.17, 15) is 18.8 Å². The maximum atomic E-state index is 14.3. The molecular formula is C36H40FN5O4S. The van der Waals surface area contributed by atoms with E-state index in [1.54, 1.807) is 17.2 Å². The topological polar surface area (TPSA) is 116 Å². The second-order valence-corrected chi connectivity index (χ2v) is 13.1. The van der Waals surface area contributed by atoms with Crippen molar-refractivity contribution in [3.8, 4) is 11.1 Å². The van der Waals surface area contributed by atoms with Gasteiger partial charge in [0.05, 0.1) is 25.0 Å². The fourth-order valence-corrected chi connectivity index (χ4v) is 6.51. The third kappa shape index (κ3) is 9.02. The summed E-state index contributed by atoms with van der Waals surface area (Å²) in [5.41, 5.74) is 3.85. The fraction of sp³-hybridized carbons (Fsp3) is 0.306. The molecule has 246 valence electrons. The molecule has 1 atom stereocenters. The van der Waals surface area contributed by atoms with Crippen molar-refractivity contribution >= 4 is 35.3 Å². The molecule has 0 fully saturated rings. The van der Waals surface area contributed by atoms with Gasteiger partial charge in [0.1, 0.15) is 17.6 Å². The number of halogens is 1. The van der Waals surface area contributed by atoms with Gasteiger partial charge in [-0.15, -0.1) is 11.8 Å². The van der Waals surface area contributed by atoms with Gasteiger partial charge in [-0.3, -0.25) is 9.59 Å². The zero-order chi connectivity index (χ0) is 33.4. The summed E-state index contributed by atoms with van der Waals surface area (Å²) in [4.78, 5) is 41.5. The first-order chi connectivity index (χ1) is 22.6. The maximum absolute atomic E-state index is 14.3.